The molecule has 1 aliphatic heterocycles. The van der Waals surface area contributed by atoms with Crippen LogP contribution in [0.1, 0.15) is 44.9 Å². The topological polar surface area (TPSA) is 12.0 Å². The molecular formula is C10H20ClN. The van der Waals surface area contributed by atoms with Crippen LogP contribution < -0.4 is 5.32 Å². The van der Waals surface area contributed by atoms with E-state index >= 15 is 0 Å². The lowest BCUT2D eigenvalue weighted by molar-refractivity contribution is 0.240. The molecule has 2 aliphatic rings. The Labute approximate surface area is 81.7 Å². The fourth-order valence-corrected chi connectivity index (χ4v) is 2.26. The summed E-state index contributed by atoms with van der Waals surface area (Å²) in [6.07, 6.45) is 10.3. The lowest BCUT2D eigenvalue weighted by atomic mass is 9.79. The minimum atomic E-state index is 0. The highest BCUT2D eigenvalue weighted by atomic mass is 35.5. The third-order valence-electron chi connectivity index (χ3n) is 3.25. The van der Waals surface area contributed by atoms with E-state index in [2.05, 4.69) is 5.32 Å². The molecule has 2 rings (SSSR count). The van der Waals surface area contributed by atoms with Crippen LogP contribution in [0.5, 0.6) is 0 Å². The SMILES string of the molecule is C1CCC(CC2CCC2)NC1.Cl. The van der Waals surface area contributed by atoms with E-state index in [-0.39, 0.29) is 12.4 Å². The summed E-state index contributed by atoms with van der Waals surface area (Å²) in [5.41, 5.74) is 0. The van der Waals surface area contributed by atoms with Gasteiger partial charge in [-0.15, -0.1) is 12.4 Å². The second-order valence-corrected chi connectivity index (χ2v) is 4.18. The highest BCUT2D eigenvalue weighted by Gasteiger charge is 2.22. The van der Waals surface area contributed by atoms with Gasteiger partial charge in [-0.1, -0.05) is 25.7 Å². The summed E-state index contributed by atoms with van der Waals surface area (Å²) >= 11 is 0. The summed E-state index contributed by atoms with van der Waals surface area (Å²) in [6.45, 7) is 1.28. The molecule has 1 unspecified atom stereocenters. The van der Waals surface area contributed by atoms with Crippen molar-refractivity contribution in [2.75, 3.05) is 6.54 Å². The van der Waals surface area contributed by atoms with E-state index in [9.17, 15) is 0 Å². The van der Waals surface area contributed by atoms with E-state index in [1.54, 1.807) is 0 Å². The lowest BCUT2D eigenvalue weighted by Crippen LogP contribution is -2.36. The Morgan fingerprint density at radius 2 is 1.83 bits per heavy atom. The summed E-state index contributed by atoms with van der Waals surface area (Å²) in [5.74, 6) is 1.09. The van der Waals surface area contributed by atoms with E-state index < -0.39 is 0 Å². The number of hydrogen-bond acceptors (Lipinski definition) is 1. The smallest absolute Gasteiger partial charge is 0.00697 e. The number of piperidine rings is 1. The van der Waals surface area contributed by atoms with Crippen LogP contribution in [0.25, 0.3) is 0 Å². The third kappa shape index (κ3) is 2.63. The summed E-state index contributed by atoms with van der Waals surface area (Å²) < 4.78 is 0. The third-order valence-corrected chi connectivity index (χ3v) is 3.25. The van der Waals surface area contributed by atoms with Gasteiger partial charge in [-0.05, 0) is 31.7 Å². The fourth-order valence-electron chi connectivity index (χ4n) is 2.26. The Morgan fingerprint density at radius 1 is 1.00 bits per heavy atom. The summed E-state index contributed by atoms with van der Waals surface area (Å²) in [6, 6.07) is 0.883. The van der Waals surface area contributed by atoms with Crippen molar-refractivity contribution in [1.29, 1.82) is 0 Å². The molecule has 1 nitrogen and oxygen atoms in total. The van der Waals surface area contributed by atoms with Crippen molar-refractivity contribution in [3.8, 4) is 0 Å². The van der Waals surface area contributed by atoms with Crippen molar-refractivity contribution in [1.82, 2.24) is 5.32 Å². The van der Waals surface area contributed by atoms with Crippen molar-refractivity contribution in [2.45, 2.75) is 51.0 Å². The largest absolute Gasteiger partial charge is 0.314 e. The van der Waals surface area contributed by atoms with E-state index in [0.717, 1.165) is 12.0 Å². The zero-order valence-corrected chi connectivity index (χ0v) is 8.54. The van der Waals surface area contributed by atoms with Crippen LogP contribution in [-0.2, 0) is 0 Å². The molecule has 0 aromatic heterocycles. The average molecular weight is 190 g/mol. The zero-order chi connectivity index (χ0) is 7.52. The van der Waals surface area contributed by atoms with E-state index in [1.807, 2.05) is 0 Å². The Bertz CT molecular complexity index is 117. The molecule has 0 amide bonds. The zero-order valence-electron chi connectivity index (χ0n) is 7.72. The maximum absolute atomic E-state index is 3.62. The molecule has 0 radical (unpaired) electrons. The molecule has 0 spiro atoms. The summed E-state index contributed by atoms with van der Waals surface area (Å²) in [4.78, 5) is 0. The van der Waals surface area contributed by atoms with Crippen LogP contribution in [-0.4, -0.2) is 12.6 Å². The Hall–Kier alpha value is 0.250. The second-order valence-electron chi connectivity index (χ2n) is 4.18. The number of halogens is 1. The Morgan fingerprint density at radius 3 is 2.33 bits per heavy atom. The van der Waals surface area contributed by atoms with E-state index in [1.165, 1.54) is 51.5 Å². The minimum absolute atomic E-state index is 0. The molecule has 0 aromatic carbocycles. The quantitative estimate of drug-likeness (QED) is 0.705. The predicted molar refractivity (Wildman–Crippen MR) is 54.8 cm³/mol. The van der Waals surface area contributed by atoms with Gasteiger partial charge in [0, 0.05) is 6.04 Å². The molecule has 1 saturated carbocycles. The van der Waals surface area contributed by atoms with Gasteiger partial charge in [0.2, 0.25) is 0 Å². The van der Waals surface area contributed by atoms with Gasteiger partial charge in [-0.25, -0.2) is 0 Å². The van der Waals surface area contributed by atoms with Gasteiger partial charge in [0.25, 0.3) is 0 Å². The van der Waals surface area contributed by atoms with Gasteiger partial charge in [0.1, 0.15) is 0 Å². The first-order valence-electron chi connectivity index (χ1n) is 5.18. The standard InChI is InChI=1S/C10H19N.ClH/c1-2-7-11-10(6-1)8-9-4-3-5-9;/h9-11H,1-8H2;1H. The molecule has 2 fully saturated rings. The monoisotopic (exact) mass is 189 g/mol. The minimum Gasteiger partial charge on any atom is -0.314 e. The van der Waals surface area contributed by atoms with Gasteiger partial charge in [0.05, 0.1) is 0 Å². The highest BCUT2D eigenvalue weighted by Crippen LogP contribution is 2.31. The maximum atomic E-state index is 3.62. The van der Waals surface area contributed by atoms with Crippen molar-refractivity contribution in [3.63, 3.8) is 0 Å². The van der Waals surface area contributed by atoms with E-state index in [0.29, 0.717) is 0 Å². The highest BCUT2D eigenvalue weighted by molar-refractivity contribution is 5.85. The second kappa shape index (κ2) is 5.08. The van der Waals surface area contributed by atoms with Gasteiger partial charge in [0.15, 0.2) is 0 Å². The maximum Gasteiger partial charge on any atom is 0.00697 e. The fraction of sp³-hybridized carbons (Fsp3) is 1.00. The molecular weight excluding hydrogens is 170 g/mol. The lowest BCUT2D eigenvalue weighted by Gasteiger charge is -2.32. The number of hydrogen-bond donors (Lipinski definition) is 1. The normalized spacial score (nSPS) is 30.5. The first-order valence-corrected chi connectivity index (χ1v) is 5.18. The molecule has 1 N–H and O–H groups in total. The van der Waals surface area contributed by atoms with Crippen LogP contribution in [0.4, 0.5) is 0 Å². The molecule has 2 heteroatoms. The Kier molecular flexibility index (Phi) is 4.38. The molecule has 1 heterocycles. The molecule has 0 bridgehead atoms. The number of nitrogens with one attached hydrogen (secondary N) is 1. The van der Waals surface area contributed by atoms with Crippen LogP contribution in [0, 0.1) is 5.92 Å². The Balaban J connectivity index is 0.000000720. The van der Waals surface area contributed by atoms with Crippen molar-refractivity contribution < 1.29 is 0 Å². The number of rotatable bonds is 2. The summed E-state index contributed by atoms with van der Waals surface area (Å²) in [5, 5.41) is 3.62. The first-order chi connectivity index (χ1) is 5.45. The van der Waals surface area contributed by atoms with Gasteiger partial charge in [-0.3, -0.25) is 0 Å². The van der Waals surface area contributed by atoms with Crippen LogP contribution in [0.3, 0.4) is 0 Å². The molecule has 0 aromatic rings. The summed E-state index contributed by atoms with van der Waals surface area (Å²) in [7, 11) is 0. The van der Waals surface area contributed by atoms with Crippen LogP contribution >= 0.6 is 12.4 Å². The van der Waals surface area contributed by atoms with Gasteiger partial charge < -0.3 is 5.32 Å². The molecule has 1 aliphatic carbocycles. The van der Waals surface area contributed by atoms with Crippen molar-refractivity contribution in [2.24, 2.45) is 5.92 Å². The van der Waals surface area contributed by atoms with Gasteiger partial charge in [-0.2, -0.15) is 0 Å². The molecule has 1 saturated heterocycles. The van der Waals surface area contributed by atoms with Crippen LogP contribution in [0.15, 0.2) is 0 Å². The van der Waals surface area contributed by atoms with E-state index in [4.69, 9.17) is 0 Å². The van der Waals surface area contributed by atoms with Crippen LogP contribution in [0.2, 0.25) is 0 Å². The molecule has 72 valence electrons. The first kappa shape index (κ1) is 10.3. The molecule has 12 heavy (non-hydrogen) atoms. The van der Waals surface area contributed by atoms with Crippen molar-refractivity contribution in [3.05, 3.63) is 0 Å². The van der Waals surface area contributed by atoms with Crippen molar-refractivity contribution >= 4 is 12.4 Å². The average Bonchev–Trinajstić information content (AvgIpc) is 1.99. The van der Waals surface area contributed by atoms with Gasteiger partial charge >= 0.3 is 0 Å². The molecule has 1 atom stereocenters. The predicted octanol–water partition coefficient (Wildman–Crippen LogP) is 2.74.